The average molecular weight is 250 g/mol. The molecule has 0 unspecified atom stereocenters. The Bertz CT molecular complexity index is 428. The van der Waals surface area contributed by atoms with Crippen LogP contribution in [0.4, 0.5) is 15.8 Å². The molecule has 18 heavy (non-hydrogen) atoms. The zero-order valence-electron chi connectivity index (χ0n) is 10.4. The normalized spacial score (nSPS) is 16.5. The van der Waals surface area contributed by atoms with E-state index in [0.29, 0.717) is 18.0 Å². The van der Waals surface area contributed by atoms with Crippen LogP contribution in [0.5, 0.6) is 0 Å². The lowest BCUT2D eigenvalue weighted by Crippen LogP contribution is -2.19. The van der Waals surface area contributed by atoms with Crippen LogP contribution in [0.15, 0.2) is 18.2 Å². The van der Waals surface area contributed by atoms with Crippen molar-refractivity contribution in [2.75, 3.05) is 11.1 Å². The number of nitrogens with one attached hydrogen (secondary N) is 1. The first-order valence-corrected chi connectivity index (χ1v) is 6.50. The molecule has 3 N–H and O–H groups in total. The van der Waals surface area contributed by atoms with Gasteiger partial charge in [-0.15, -0.1) is 0 Å². The molecule has 0 saturated heterocycles. The number of hydrogen-bond acceptors (Lipinski definition) is 2. The summed E-state index contributed by atoms with van der Waals surface area (Å²) in [4.78, 5) is 11.8. The van der Waals surface area contributed by atoms with Gasteiger partial charge in [0, 0.05) is 12.1 Å². The number of carbonyl (C=O) groups excluding carboxylic acids is 1. The molecule has 1 aromatic rings. The van der Waals surface area contributed by atoms with E-state index >= 15 is 0 Å². The maximum Gasteiger partial charge on any atom is 0.224 e. The molecule has 4 heteroatoms. The van der Waals surface area contributed by atoms with Crippen LogP contribution in [0.1, 0.15) is 38.5 Å². The first-order chi connectivity index (χ1) is 8.65. The van der Waals surface area contributed by atoms with Crippen molar-refractivity contribution >= 4 is 17.3 Å². The van der Waals surface area contributed by atoms with E-state index in [1.807, 2.05) is 0 Å². The Morgan fingerprint density at radius 2 is 2.06 bits per heavy atom. The fraction of sp³-hybridized carbons (Fsp3) is 0.500. The van der Waals surface area contributed by atoms with Crippen LogP contribution >= 0.6 is 0 Å². The highest BCUT2D eigenvalue weighted by molar-refractivity contribution is 5.91. The SMILES string of the molecule is Nc1ccc(F)c(NC(=O)CC2CCCCC2)c1. The fourth-order valence-electron chi connectivity index (χ4n) is 2.49. The standard InChI is InChI=1S/C14H19FN2O/c15-12-7-6-11(16)9-13(12)17-14(18)8-10-4-2-1-3-5-10/h6-7,9-10H,1-5,8,16H2,(H,17,18). The van der Waals surface area contributed by atoms with Crippen LogP contribution in [0.2, 0.25) is 0 Å². The van der Waals surface area contributed by atoms with Crippen LogP contribution in [0.25, 0.3) is 0 Å². The molecule has 1 fully saturated rings. The molecule has 0 heterocycles. The van der Waals surface area contributed by atoms with Crippen molar-refractivity contribution in [1.29, 1.82) is 0 Å². The molecule has 0 spiro atoms. The predicted molar refractivity (Wildman–Crippen MR) is 70.6 cm³/mol. The minimum absolute atomic E-state index is 0.119. The number of anilines is 2. The number of nitrogens with two attached hydrogens (primary N) is 1. The van der Waals surface area contributed by atoms with Gasteiger partial charge in [0.15, 0.2) is 0 Å². The number of halogens is 1. The largest absolute Gasteiger partial charge is 0.399 e. The third kappa shape index (κ3) is 3.45. The van der Waals surface area contributed by atoms with Crippen LogP contribution in [-0.2, 0) is 4.79 Å². The first-order valence-electron chi connectivity index (χ1n) is 6.50. The summed E-state index contributed by atoms with van der Waals surface area (Å²) in [7, 11) is 0. The molecule has 0 radical (unpaired) electrons. The van der Waals surface area contributed by atoms with Crippen molar-refractivity contribution in [3.8, 4) is 0 Å². The Morgan fingerprint density at radius 1 is 1.33 bits per heavy atom. The molecule has 1 saturated carbocycles. The maximum atomic E-state index is 13.4. The lowest BCUT2D eigenvalue weighted by molar-refractivity contribution is -0.117. The zero-order chi connectivity index (χ0) is 13.0. The molecular weight excluding hydrogens is 231 g/mol. The van der Waals surface area contributed by atoms with E-state index in [9.17, 15) is 9.18 Å². The summed E-state index contributed by atoms with van der Waals surface area (Å²) in [5.74, 6) is -0.115. The summed E-state index contributed by atoms with van der Waals surface area (Å²) in [6.45, 7) is 0. The Hall–Kier alpha value is -1.58. The van der Waals surface area contributed by atoms with Crippen molar-refractivity contribution < 1.29 is 9.18 Å². The molecule has 0 aliphatic heterocycles. The molecule has 0 atom stereocenters. The number of carbonyl (C=O) groups is 1. The molecule has 1 aromatic carbocycles. The first kappa shape index (κ1) is 12.9. The number of hydrogen-bond donors (Lipinski definition) is 2. The van der Waals surface area contributed by atoms with Crippen molar-refractivity contribution in [2.45, 2.75) is 38.5 Å². The molecule has 2 rings (SSSR count). The second-order valence-electron chi connectivity index (χ2n) is 5.00. The van der Waals surface area contributed by atoms with Gasteiger partial charge in [-0.1, -0.05) is 19.3 Å². The average Bonchev–Trinajstić information content (AvgIpc) is 2.35. The molecule has 1 amide bonds. The van der Waals surface area contributed by atoms with Gasteiger partial charge < -0.3 is 11.1 Å². The lowest BCUT2D eigenvalue weighted by Gasteiger charge is -2.20. The second kappa shape index (κ2) is 5.85. The quantitative estimate of drug-likeness (QED) is 0.808. The van der Waals surface area contributed by atoms with Gasteiger partial charge in [-0.05, 0) is 37.0 Å². The summed E-state index contributed by atoms with van der Waals surface area (Å²) >= 11 is 0. The van der Waals surface area contributed by atoms with Gasteiger partial charge in [0.1, 0.15) is 5.82 Å². The van der Waals surface area contributed by atoms with Crippen LogP contribution in [0.3, 0.4) is 0 Å². The van der Waals surface area contributed by atoms with E-state index in [4.69, 9.17) is 5.73 Å². The molecule has 1 aliphatic carbocycles. The predicted octanol–water partition coefficient (Wildman–Crippen LogP) is 3.32. The number of rotatable bonds is 3. The van der Waals surface area contributed by atoms with Gasteiger partial charge in [0.25, 0.3) is 0 Å². The molecular formula is C14H19FN2O. The van der Waals surface area contributed by atoms with Gasteiger partial charge in [0.05, 0.1) is 5.69 Å². The third-order valence-corrected chi connectivity index (χ3v) is 3.46. The van der Waals surface area contributed by atoms with Gasteiger partial charge in [-0.3, -0.25) is 4.79 Å². The monoisotopic (exact) mass is 250 g/mol. The summed E-state index contributed by atoms with van der Waals surface area (Å²) in [5, 5.41) is 2.60. The Labute approximate surface area is 107 Å². The minimum atomic E-state index is -0.443. The van der Waals surface area contributed by atoms with Gasteiger partial charge >= 0.3 is 0 Å². The Kier molecular flexibility index (Phi) is 4.18. The van der Waals surface area contributed by atoms with E-state index in [-0.39, 0.29) is 11.6 Å². The summed E-state index contributed by atoms with van der Waals surface area (Å²) in [5.41, 5.74) is 6.19. The zero-order valence-corrected chi connectivity index (χ0v) is 10.4. The topological polar surface area (TPSA) is 55.1 Å². The molecule has 98 valence electrons. The van der Waals surface area contributed by atoms with Gasteiger partial charge in [-0.25, -0.2) is 4.39 Å². The second-order valence-corrected chi connectivity index (χ2v) is 5.00. The fourth-order valence-corrected chi connectivity index (χ4v) is 2.49. The van der Waals surface area contributed by atoms with Crippen molar-refractivity contribution in [3.63, 3.8) is 0 Å². The highest BCUT2D eigenvalue weighted by Gasteiger charge is 2.17. The Morgan fingerprint density at radius 3 is 2.78 bits per heavy atom. The van der Waals surface area contributed by atoms with E-state index in [1.165, 1.54) is 37.5 Å². The van der Waals surface area contributed by atoms with Gasteiger partial charge in [-0.2, -0.15) is 0 Å². The summed E-state index contributed by atoms with van der Waals surface area (Å²) in [6, 6.07) is 4.20. The maximum absolute atomic E-state index is 13.4. The highest BCUT2D eigenvalue weighted by atomic mass is 19.1. The van der Waals surface area contributed by atoms with Crippen LogP contribution in [-0.4, -0.2) is 5.91 Å². The smallest absolute Gasteiger partial charge is 0.224 e. The Balaban J connectivity index is 1.92. The molecule has 0 aromatic heterocycles. The van der Waals surface area contributed by atoms with E-state index < -0.39 is 5.82 Å². The number of amides is 1. The third-order valence-electron chi connectivity index (χ3n) is 3.46. The van der Waals surface area contributed by atoms with Crippen LogP contribution < -0.4 is 11.1 Å². The van der Waals surface area contributed by atoms with E-state index in [0.717, 1.165) is 12.8 Å². The summed E-state index contributed by atoms with van der Waals surface area (Å²) < 4.78 is 13.4. The van der Waals surface area contributed by atoms with Gasteiger partial charge in [0.2, 0.25) is 5.91 Å². The van der Waals surface area contributed by atoms with Crippen molar-refractivity contribution in [3.05, 3.63) is 24.0 Å². The highest BCUT2D eigenvalue weighted by Crippen LogP contribution is 2.27. The van der Waals surface area contributed by atoms with E-state index in [2.05, 4.69) is 5.32 Å². The van der Waals surface area contributed by atoms with Crippen molar-refractivity contribution in [2.24, 2.45) is 5.92 Å². The lowest BCUT2D eigenvalue weighted by atomic mass is 9.87. The molecule has 1 aliphatic rings. The molecule has 0 bridgehead atoms. The number of nitrogen functional groups attached to an aromatic ring is 1. The van der Waals surface area contributed by atoms with Crippen LogP contribution in [0, 0.1) is 11.7 Å². The van der Waals surface area contributed by atoms with Crippen molar-refractivity contribution in [1.82, 2.24) is 0 Å². The minimum Gasteiger partial charge on any atom is -0.399 e. The molecule has 3 nitrogen and oxygen atoms in total. The van der Waals surface area contributed by atoms with E-state index in [1.54, 1.807) is 0 Å². The summed E-state index contributed by atoms with van der Waals surface area (Å²) in [6.07, 6.45) is 6.35. The number of benzene rings is 1.